The lowest BCUT2D eigenvalue weighted by atomic mass is 10.0. The normalized spacial score (nSPS) is 18.2. The number of amides is 1. The Kier molecular flexibility index (Phi) is 4.74. The zero-order valence-electron chi connectivity index (χ0n) is 13.4. The van der Waals surface area contributed by atoms with Crippen molar-refractivity contribution in [2.75, 3.05) is 6.54 Å². The molecule has 0 unspecified atom stereocenters. The summed E-state index contributed by atoms with van der Waals surface area (Å²) in [7, 11) is 0. The maximum absolute atomic E-state index is 13.3. The number of hydrogen-bond donors (Lipinski definition) is 0. The molecule has 0 bridgehead atoms. The molecule has 23 heavy (non-hydrogen) atoms. The van der Waals surface area contributed by atoms with Gasteiger partial charge in [0.25, 0.3) is 0 Å². The number of piperidine rings is 1. The number of rotatable bonds is 4. The molecule has 0 radical (unpaired) electrons. The van der Waals surface area contributed by atoms with Gasteiger partial charge in [0.2, 0.25) is 5.91 Å². The Bertz CT molecular complexity index is 682. The Morgan fingerprint density at radius 3 is 3.00 bits per heavy atom. The number of aryl methyl sites for hydroxylation is 1. The zero-order valence-corrected chi connectivity index (χ0v) is 13.4. The first kappa shape index (κ1) is 15.7. The molecule has 122 valence electrons. The molecule has 2 heterocycles. The van der Waals surface area contributed by atoms with Crippen molar-refractivity contribution in [2.45, 2.75) is 45.2 Å². The number of nitrogens with zero attached hydrogens (tertiary/aromatic N) is 3. The van der Waals surface area contributed by atoms with E-state index in [1.165, 1.54) is 12.1 Å². The van der Waals surface area contributed by atoms with Crippen LogP contribution in [0.1, 0.15) is 30.4 Å². The quantitative estimate of drug-likeness (QED) is 0.870. The van der Waals surface area contributed by atoms with E-state index in [0.717, 1.165) is 43.5 Å². The van der Waals surface area contributed by atoms with Gasteiger partial charge in [0.05, 0.1) is 25.2 Å². The number of carbonyl (C=O) groups excluding carboxylic acids is 1. The molecule has 0 aliphatic carbocycles. The summed E-state index contributed by atoms with van der Waals surface area (Å²) in [6, 6.07) is 6.46. The molecule has 3 rings (SSSR count). The van der Waals surface area contributed by atoms with Crippen molar-refractivity contribution >= 4 is 5.91 Å². The summed E-state index contributed by atoms with van der Waals surface area (Å²) < 4.78 is 15.2. The number of halogens is 1. The smallest absolute Gasteiger partial charge is 0.227 e. The minimum absolute atomic E-state index is 0.0733. The summed E-state index contributed by atoms with van der Waals surface area (Å²) in [5, 5.41) is 4.33. The Balaban J connectivity index is 1.68. The van der Waals surface area contributed by atoms with E-state index in [4.69, 9.17) is 0 Å². The van der Waals surface area contributed by atoms with Crippen LogP contribution in [0.2, 0.25) is 0 Å². The second-order valence-electron chi connectivity index (χ2n) is 6.28. The molecular formula is C18H22FN3O. The third kappa shape index (κ3) is 3.97. The van der Waals surface area contributed by atoms with Crippen molar-refractivity contribution in [1.29, 1.82) is 0 Å². The Labute approximate surface area is 135 Å². The highest BCUT2D eigenvalue weighted by Crippen LogP contribution is 2.20. The van der Waals surface area contributed by atoms with Crippen LogP contribution < -0.4 is 0 Å². The van der Waals surface area contributed by atoms with Crippen LogP contribution in [-0.4, -0.2) is 33.2 Å². The van der Waals surface area contributed by atoms with Gasteiger partial charge in [-0.25, -0.2) is 4.39 Å². The van der Waals surface area contributed by atoms with Crippen molar-refractivity contribution in [1.82, 2.24) is 14.7 Å². The molecule has 1 aliphatic heterocycles. The van der Waals surface area contributed by atoms with Gasteiger partial charge < -0.3 is 4.90 Å². The van der Waals surface area contributed by atoms with Crippen molar-refractivity contribution in [3.05, 3.63) is 53.6 Å². The van der Waals surface area contributed by atoms with Crippen molar-refractivity contribution in [3.63, 3.8) is 0 Å². The lowest BCUT2D eigenvalue weighted by Gasteiger charge is -2.36. The first-order valence-corrected chi connectivity index (χ1v) is 8.15. The van der Waals surface area contributed by atoms with Gasteiger partial charge >= 0.3 is 0 Å². The van der Waals surface area contributed by atoms with Gasteiger partial charge in [-0.05, 0) is 49.4 Å². The standard InChI is InChI=1S/C18H22FN3O/c1-14-11-20-21(12-14)13-17-7-2-3-8-22(17)18(23)10-15-5-4-6-16(19)9-15/h4-6,9,11-12,17H,2-3,7-8,10,13H2,1H3/t17-/m0/s1. The van der Waals surface area contributed by atoms with Gasteiger partial charge in [0.15, 0.2) is 0 Å². The largest absolute Gasteiger partial charge is 0.338 e. The van der Waals surface area contributed by atoms with Crippen LogP contribution in [0.25, 0.3) is 0 Å². The fourth-order valence-electron chi connectivity index (χ4n) is 3.22. The van der Waals surface area contributed by atoms with E-state index in [-0.39, 0.29) is 24.2 Å². The Morgan fingerprint density at radius 2 is 2.26 bits per heavy atom. The monoisotopic (exact) mass is 315 g/mol. The first-order chi connectivity index (χ1) is 11.1. The zero-order chi connectivity index (χ0) is 16.2. The Hall–Kier alpha value is -2.17. The van der Waals surface area contributed by atoms with Gasteiger partial charge in [0, 0.05) is 12.7 Å². The molecule has 1 aromatic carbocycles. The summed E-state index contributed by atoms with van der Waals surface area (Å²) in [6.45, 7) is 3.51. The third-order valence-corrected chi connectivity index (χ3v) is 4.35. The number of benzene rings is 1. The average Bonchev–Trinajstić information content (AvgIpc) is 2.93. The fourth-order valence-corrected chi connectivity index (χ4v) is 3.22. The van der Waals surface area contributed by atoms with Crippen LogP contribution >= 0.6 is 0 Å². The fraction of sp³-hybridized carbons (Fsp3) is 0.444. The van der Waals surface area contributed by atoms with Gasteiger partial charge in [-0.15, -0.1) is 0 Å². The van der Waals surface area contributed by atoms with Crippen LogP contribution in [0.15, 0.2) is 36.7 Å². The van der Waals surface area contributed by atoms with Crippen LogP contribution in [0.5, 0.6) is 0 Å². The summed E-state index contributed by atoms with van der Waals surface area (Å²) in [5.41, 5.74) is 1.85. The molecule has 1 saturated heterocycles. The third-order valence-electron chi connectivity index (χ3n) is 4.35. The SMILES string of the molecule is Cc1cnn(C[C@@H]2CCCCN2C(=O)Cc2cccc(F)c2)c1. The summed E-state index contributed by atoms with van der Waals surface area (Å²) in [6.07, 6.45) is 7.25. The molecule has 0 N–H and O–H groups in total. The number of carbonyl (C=O) groups is 1. The van der Waals surface area contributed by atoms with E-state index in [2.05, 4.69) is 5.10 Å². The number of aromatic nitrogens is 2. The van der Waals surface area contributed by atoms with Gasteiger partial charge in [0.1, 0.15) is 5.82 Å². The van der Waals surface area contributed by atoms with Crippen LogP contribution in [0.3, 0.4) is 0 Å². The van der Waals surface area contributed by atoms with Gasteiger partial charge in [-0.2, -0.15) is 5.10 Å². The average molecular weight is 315 g/mol. The molecule has 1 aliphatic rings. The van der Waals surface area contributed by atoms with Gasteiger partial charge in [-0.3, -0.25) is 9.48 Å². The van der Waals surface area contributed by atoms with E-state index in [9.17, 15) is 9.18 Å². The maximum atomic E-state index is 13.3. The highest BCUT2D eigenvalue weighted by molar-refractivity contribution is 5.79. The second-order valence-corrected chi connectivity index (χ2v) is 6.28. The molecule has 0 spiro atoms. The molecule has 1 aromatic heterocycles. The van der Waals surface area contributed by atoms with E-state index in [0.29, 0.717) is 0 Å². The summed E-state index contributed by atoms with van der Waals surface area (Å²) in [5.74, 6) is -0.221. The van der Waals surface area contributed by atoms with E-state index in [1.54, 1.807) is 12.1 Å². The van der Waals surface area contributed by atoms with Crippen LogP contribution in [0, 0.1) is 12.7 Å². The van der Waals surface area contributed by atoms with E-state index < -0.39 is 0 Å². The highest BCUT2D eigenvalue weighted by Gasteiger charge is 2.27. The minimum Gasteiger partial charge on any atom is -0.338 e. The molecule has 4 nitrogen and oxygen atoms in total. The molecule has 1 atom stereocenters. The van der Waals surface area contributed by atoms with Crippen LogP contribution in [-0.2, 0) is 17.8 Å². The number of likely N-dealkylation sites (tertiary alicyclic amines) is 1. The minimum atomic E-state index is -0.294. The second kappa shape index (κ2) is 6.94. The van der Waals surface area contributed by atoms with Crippen molar-refractivity contribution in [2.24, 2.45) is 0 Å². The summed E-state index contributed by atoms with van der Waals surface area (Å²) >= 11 is 0. The number of hydrogen-bond acceptors (Lipinski definition) is 2. The van der Waals surface area contributed by atoms with Gasteiger partial charge in [-0.1, -0.05) is 12.1 Å². The van der Waals surface area contributed by atoms with Crippen LogP contribution in [0.4, 0.5) is 4.39 Å². The topological polar surface area (TPSA) is 38.1 Å². The lowest BCUT2D eigenvalue weighted by molar-refractivity contribution is -0.134. The molecule has 1 fully saturated rings. The molecular weight excluding hydrogens is 293 g/mol. The molecule has 5 heteroatoms. The van der Waals surface area contributed by atoms with E-state index in [1.807, 2.05) is 28.9 Å². The first-order valence-electron chi connectivity index (χ1n) is 8.15. The molecule has 1 amide bonds. The Morgan fingerprint density at radius 1 is 1.39 bits per heavy atom. The van der Waals surface area contributed by atoms with Crippen molar-refractivity contribution in [3.8, 4) is 0 Å². The van der Waals surface area contributed by atoms with Crippen molar-refractivity contribution < 1.29 is 9.18 Å². The lowest BCUT2D eigenvalue weighted by Crippen LogP contribution is -2.46. The molecule has 2 aromatic rings. The predicted octanol–water partition coefficient (Wildman–Crippen LogP) is 2.95. The highest BCUT2D eigenvalue weighted by atomic mass is 19.1. The van der Waals surface area contributed by atoms with E-state index >= 15 is 0 Å². The molecule has 0 saturated carbocycles. The maximum Gasteiger partial charge on any atom is 0.227 e. The predicted molar refractivity (Wildman–Crippen MR) is 86.4 cm³/mol. The summed E-state index contributed by atoms with van der Waals surface area (Å²) in [4.78, 5) is 14.6.